The fourth-order valence-electron chi connectivity index (χ4n) is 2.74. The molecule has 2 rings (SSSR count). The van der Waals surface area contributed by atoms with Crippen molar-refractivity contribution < 1.29 is 27.4 Å². The molecule has 1 aliphatic rings. The minimum atomic E-state index is -3.96. The number of carboxylic acid groups (broad SMARTS) is 1. The van der Waals surface area contributed by atoms with E-state index in [9.17, 15) is 17.6 Å². The Bertz CT molecular complexity index is 734. The Labute approximate surface area is 134 Å². The lowest BCUT2D eigenvalue weighted by Gasteiger charge is -2.21. The molecule has 6 nitrogen and oxygen atoms in total. The van der Waals surface area contributed by atoms with E-state index >= 15 is 0 Å². The first kappa shape index (κ1) is 17.8. The van der Waals surface area contributed by atoms with Gasteiger partial charge in [0.2, 0.25) is 10.0 Å². The maximum absolute atomic E-state index is 14.5. The second-order valence-corrected chi connectivity index (χ2v) is 7.80. The van der Waals surface area contributed by atoms with Gasteiger partial charge in [-0.3, -0.25) is 0 Å². The molecule has 0 aromatic heterocycles. The zero-order valence-corrected chi connectivity index (χ0v) is 14.1. The highest BCUT2D eigenvalue weighted by Gasteiger charge is 2.44. The highest BCUT2D eigenvalue weighted by Crippen LogP contribution is 2.32. The van der Waals surface area contributed by atoms with Crippen LogP contribution in [0.3, 0.4) is 0 Å². The number of ether oxygens (including phenoxy) is 1. The molecule has 1 unspecified atom stereocenters. The van der Waals surface area contributed by atoms with Crippen LogP contribution < -0.4 is 0 Å². The number of benzene rings is 1. The number of aryl methyl sites for hydroxylation is 1. The van der Waals surface area contributed by atoms with Crippen LogP contribution in [0.2, 0.25) is 0 Å². The Morgan fingerprint density at radius 3 is 2.65 bits per heavy atom. The van der Waals surface area contributed by atoms with Gasteiger partial charge in [0.15, 0.2) is 0 Å². The van der Waals surface area contributed by atoms with Crippen LogP contribution in [0.15, 0.2) is 17.0 Å². The fourth-order valence-corrected chi connectivity index (χ4v) is 4.57. The average Bonchev–Trinajstić information content (AvgIpc) is 2.84. The first-order valence-electron chi connectivity index (χ1n) is 7.13. The molecule has 1 saturated heterocycles. The van der Waals surface area contributed by atoms with Crippen LogP contribution in [0.4, 0.5) is 4.39 Å². The normalized spacial score (nSPS) is 22.4. The van der Waals surface area contributed by atoms with Crippen molar-refractivity contribution in [1.82, 2.24) is 4.31 Å². The number of hydrogen-bond donors (Lipinski definition) is 1. The van der Waals surface area contributed by atoms with Crippen molar-refractivity contribution in [3.8, 4) is 0 Å². The first-order chi connectivity index (χ1) is 10.6. The maximum Gasteiger partial charge on any atom is 0.335 e. The van der Waals surface area contributed by atoms with E-state index in [0.29, 0.717) is 11.1 Å². The van der Waals surface area contributed by atoms with Gasteiger partial charge in [-0.05, 0) is 43.5 Å². The number of rotatable bonds is 5. The Morgan fingerprint density at radius 2 is 2.09 bits per heavy atom. The molecule has 0 saturated carbocycles. The van der Waals surface area contributed by atoms with Gasteiger partial charge in [-0.1, -0.05) is 0 Å². The highest BCUT2D eigenvalue weighted by atomic mass is 32.2. The second-order valence-electron chi connectivity index (χ2n) is 5.89. The summed E-state index contributed by atoms with van der Waals surface area (Å²) in [5, 5.41) is 9.12. The SMILES string of the molecule is COCC1(F)CCN(S(=O)(=O)c2cc(C(=O)O)cc(C)c2C)C1. The predicted octanol–water partition coefficient (Wildman–Crippen LogP) is 1.75. The quantitative estimate of drug-likeness (QED) is 0.879. The third-order valence-corrected chi connectivity index (χ3v) is 6.13. The van der Waals surface area contributed by atoms with E-state index in [4.69, 9.17) is 9.84 Å². The molecular weight excluding hydrogens is 325 g/mol. The number of nitrogens with zero attached hydrogens (tertiary/aromatic N) is 1. The Morgan fingerprint density at radius 1 is 1.43 bits per heavy atom. The van der Waals surface area contributed by atoms with E-state index in [2.05, 4.69) is 0 Å². The lowest BCUT2D eigenvalue weighted by atomic mass is 10.1. The largest absolute Gasteiger partial charge is 0.478 e. The average molecular weight is 345 g/mol. The molecule has 1 aromatic carbocycles. The van der Waals surface area contributed by atoms with Crippen molar-refractivity contribution in [1.29, 1.82) is 0 Å². The summed E-state index contributed by atoms with van der Waals surface area (Å²) in [5.74, 6) is -1.20. The molecule has 0 bridgehead atoms. The minimum absolute atomic E-state index is 0.0397. The molecule has 0 aliphatic carbocycles. The van der Waals surface area contributed by atoms with E-state index in [-0.39, 0.29) is 36.6 Å². The summed E-state index contributed by atoms with van der Waals surface area (Å²) in [4.78, 5) is 11.1. The van der Waals surface area contributed by atoms with Crippen molar-refractivity contribution in [2.45, 2.75) is 30.8 Å². The van der Waals surface area contributed by atoms with Gasteiger partial charge in [0.25, 0.3) is 0 Å². The molecule has 0 spiro atoms. The summed E-state index contributed by atoms with van der Waals surface area (Å²) >= 11 is 0. The number of alkyl halides is 1. The topological polar surface area (TPSA) is 83.9 Å². The van der Waals surface area contributed by atoms with Crippen molar-refractivity contribution >= 4 is 16.0 Å². The molecule has 1 aromatic rings. The molecule has 0 amide bonds. The van der Waals surface area contributed by atoms with Gasteiger partial charge in [0, 0.05) is 13.7 Å². The Kier molecular flexibility index (Phi) is 4.79. The molecule has 1 fully saturated rings. The molecule has 1 aliphatic heterocycles. The van der Waals surface area contributed by atoms with Gasteiger partial charge in [-0.2, -0.15) is 4.31 Å². The van der Waals surface area contributed by atoms with Gasteiger partial charge >= 0.3 is 5.97 Å². The van der Waals surface area contributed by atoms with Gasteiger partial charge in [0.05, 0.1) is 23.6 Å². The lowest BCUT2D eigenvalue weighted by Crippen LogP contribution is -2.36. The fraction of sp³-hybridized carbons (Fsp3) is 0.533. The smallest absolute Gasteiger partial charge is 0.335 e. The Balaban J connectivity index is 2.43. The molecule has 1 heterocycles. The lowest BCUT2D eigenvalue weighted by molar-refractivity contribution is 0.0521. The van der Waals surface area contributed by atoms with Crippen LogP contribution in [0.5, 0.6) is 0 Å². The third kappa shape index (κ3) is 3.39. The van der Waals surface area contributed by atoms with Gasteiger partial charge in [-0.15, -0.1) is 0 Å². The van der Waals surface area contributed by atoms with Crippen LogP contribution in [0, 0.1) is 13.8 Å². The molecule has 1 N–H and O–H groups in total. The van der Waals surface area contributed by atoms with Crippen molar-refractivity contribution in [2.75, 3.05) is 26.8 Å². The van der Waals surface area contributed by atoms with Crippen LogP contribution in [-0.2, 0) is 14.8 Å². The summed E-state index contributed by atoms with van der Waals surface area (Å²) in [7, 11) is -2.60. The number of aromatic carboxylic acids is 1. The van der Waals surface area contributed by atoms with Gasteiger partial charge < -0.3 is 9.84 Å². The number of carbonyl (C=O) groups is 1. The molecule has 23 heavy (non-hydrogen) atoms. The summed E-state index contributed by atoms with van der Waals surface area (Å²) in [6.45, 7) is 2.83. The third-order valence-electron chi connectivity index (χ3n) is 4.16. The van der Waals surface area contributed by atoms with Gasteiger partial charge in [0.1, 0.15) is 5.67 Å². The van der Waals surface area contributed by atoms with Crippen LogP contribution >= 0.6 is 0 Å². The van der Waals surface area contributed by atoms with Crippen molar-refractivity contribution in [3.05, 3.63) is 28.8 Å². The van der Waals surface area contributed by atoms with Crippen molar-refractivity contribution in [3.63, 3.8) is 0 Å². The number of hydrogen-bond acceptors (Lipinski definition) is 4. The van der Waals surface area contributed by atoms with Crippen LogP contribution in [-0.4, -0.2) is 56.3 Å². The number of sulfonamides is 1. The minimum Gasteiger partial charge on any atom is -0.478 e. The van der Waals surface area contributed by atoms with E-state index in [1.54, 1.807) is 13.8 Å². The summed E-state index contributed by atoms with van der Waals surface area (Å²) < 4.78 is 45.9. The van der Waals surface area contributed by atoms with E-state index in [1.807, 2.05) is 0 Å². The zero-order valence-electron chi connectivity index (χ0n) is 13.3. The molecular formula is C15H20FNO5S. The number of carboxylic acids is 1. The van der Waals surface area contributed by atoms with E-state index in [1.165, 1.54) is 13.2 Å². The maximum atomic E-state index is 14.5. The van der Waals surface area contributed by atoms with Crippen LogP contribution in [0.1, 0.15) is 27.9 Å². The predicted molar refractivity (Wildman–Crippen MR) is 82.0 cm³/mol. The zero-order chi connectivity index (χ0) is 17.4. The molecule has 8 heteroatoms. The van der Waals surface area contributed by atoms with E-state index < -0.39 is 21.7 Å². The Hall–Kier alpha value is -1.51. The standard InChI is InChI=1S/C15H20FNO5S/c1-10-6-12(14(18)19)7-13(11(10)2)23(20,21)17-5-4-15(16,8-17)9-22-3/h6-7H,4-5,8-9H2,1-3H3,(H,18,19). The summed E-state index contributed by atoms with van der Waals surface area (Å²) in [6.07, 6.45) is 0.0523. The first-order valence-corrected chi connectivity index (χ1v) is 8.57. The van der Waals surface area contributed by atoms with E-state index in [0.717, 1.165) is 10.4 Å². The second kappa shape index (κ2) is 6.18. The highest BCUT2D eigenvalue weighted by molar-refractivity contribution is 7.89. The molecule has 1 atom stereocenters. The molecule has 0 radical (unpaired) electrons. The van der Waals surface area contributed by atoms with Crippen molar-refractivity contribution in [2.24, 2.45) is 0 Å². The number of methoxy groups -OCH3 is 1. The summed E-state index contributed by atoms with van der Waals surface area (Å²) in [5.41, 5.74) is -0.784. The van der Waals surface area contributed by atoms with Gasteiger partial charge in [-0.25, -0.2) is 17.6 Å². The summed E-state index contributed by atoms with van der Waals surface area (Å²) in [6, 6.07) is 2.56. The van der Waals surface area contributed by atoms with Crippen LogP contribution in [0.25, 0.3) is 0 Å². The monoisotopic (exact) mass is 345 g/mol. The molecule has 128 valence electrons. The number of halogens is 1.